The highest BCUT2D eigenvalue weighted by atomic mass is 79.9. The lowest BCUT2D eigenvalue weighted by Gasteiger charge is -2.30. The highest BCUT2D eigenvalue weighted by Crippen LogP contribution is 2.25. The van der Waals surface area contributed by atoms with Gasteiger partial charge in [0.05, 0.1) is 11.9 Å². The van der Waals surface area contributed by atoms with E-state index >= 15 is 0 Å². The molecule has 0 radical (unpaired) electrons. The van der Waals surface area contributed by atoms with Gasteiger partial charge in [0.1, 0.15) is 10.2 Å². The number of nitrogens with zero attached hydrogens (tertiary/aromatic N) is 2. The number of aryl methyl sites for hydroxylation is 1. The highest BCUT2D eigenvalue weighted by molar-refractivity contribution is 9.10. The Morgan fingerprint density at radius 1 is 1.54 bits per heavy atom. The lowest BCUT2D eigenvalue weighted by atomic mass is 10.1. The Morgan fingerprint density at radius 3 is 2.88 bits per heavy atom. The summed E-state index contributed by atoms with van der Waals surface area (Å²) in [6.45, 7) is 10.7. The number of aromatic nitrogens is 1. The quantitative estimate of drug-likeness (QED) is 0.745. The van der Waals surface area contributed by atoms with Crippen LogP contribution in [0.1, 0.15) is 52.5 Å². The zero-order valence-electron chi connectivity index (χ0n) is 15.2. The van der Waals surface area contributed by atoms with Crippen LogP contribution >= 0.6 is 15.9 Å². The Labute approximate surface area is 153 Å². The molecule has 24 heavy (non-hydrogen) atoms. The van der Waals surface area contributed by atoms with Gasteiger partial charge in [0, 0.05) is 18.6 Å². The number of anilines is 1. The number of amides is 1. The average Bonchev–Trinajstić information content (AvgIpc) is 2.89. The Kier molecular flexibility index (Phi) is 6.12. The van der Waals surface area contributed by atoms with Gasteiger partial charge < -0.3 is 15.0 Å². The summed E-state index contributed by atoms with van der Waals surface area (Å²) in [6, 6.07) is 2.56. The number of ether oxygens (including phenoxy) is 1. The van der Waals surface area contributed by atoms with Crippen LogP contribution in [0.2, 0.25) is 0 Å². The van der Waals surface area contributed by atoms with Crippen molar-refractivity contribution in [3.8, 4) is 0 Å². The van der Waals surface area contributed by atoms with Crippen molar-refractivity contribution in [2.45, 2.75) is 71.6 Å². The molecule has 0 saturated carbocycles. The molecule has 0 spiro atoms. The number of carbonyl (C=O) groups excluding carboxylic acids is 1. The number of halogens is 1. The molecule has 2 heterocycles. The lowest BCUT2D eigenvalue weighted by Crippen LogP contribution is -2.41. The van der Waals surface area contributed by atoms with Crippen LogP contribution in [0.15, 0.2) is 16.9 Å². The van der Waals surface area contributed by atoms with Crippen LogP contribution in [-0.2, 0) is 4.74 Å². The monoisotopic (exact) mass is 397 g/mol. The Morgan fingerprint density at radius 2 is 2.25 bits per heavy atom. The number of likely N-dealkylation sites (tertiary alicyclic amines) is 1. The van der Waals surface area contributed by atoms with Crippen molar-refractivity contribution >= 4 is 27.7 Å². The SMILES string of the molecule is Cc1cc(NC(C)CC2CCCN2C(=O)OC(C)(C)C)cnc1Br. The summed E-state index contributed by atoms with van der Waals surface area (Å²) in [6.07, 6.45) is 4.60. The number of rotatable bonds is 4. The maximum absolute atomic E-state index is 12.4. The molecule has 1 aromatic heterocycles. The molecule has 1 aromatic rings. The van der Waals surface area contributed by atoms with Gasteiger partial charge in [-0.05, 0) is 81.4 Å². The second-order valence-electron chi connectivity index (χ2n) is 7.58. The molecule has 2 unspecified atom stereocenters. The summed E-state index contributed by atoms with van der Waals surface area (Å²) in [4.78, 5) is 18.6. The van der Waals surface area contributed by atoms with Crippen molar-refractivity contribution in [3.05, 3.63) is 22.4 Å². The van der Waals surface area contributed by atoms with E-state index in [2.05, 4.69) is 39.2 Å². The smallest absolute Gasteiger partial charge is 0.410 e. The summed E-state index contributed by atoms with van der Waals surface area (Å²) < 4.78 is 6.40. The van der Waals surface area contributed by atoms with Crippen LogP contribution in [0.4, 0.5) is 10.5 Å². The predicted molar refractivity (Wildman–Crippen MR) is 100 cm³/mol. The van der Waals surface area contributed by atoms with Gasteiger partial charge in [-0.2, -0.15) is 0 Å². The van der Waals surface area contributed by atoms with E-state index < -0.39 is 5.60 Å². The molecule has 2 rings (SSSR count). The molecule has 0 aromatic carbocycles. The molecule has 5 nitrogen and oxygen atoms in total. The summed E-state index contributed by atoms with van der Waals surface area (Å²) in [5.74, 6) is 0. The molecule has 0 aliphatic carbocycles. The topological polar surface area (TPSA) is 54.5 Å². The van der Waals surface area contributed by atoms with Crippen LogP contribution in [-0.4, -0.2) is 40.2 Å². The first-order valence-electron chi connectivity index (χ1n) is 8.54. The number of carbonyl (C=O) groups is 1. The second-order valence-corrected chi connectivity index (χ2v) is 8.33. The summed E-state index contributed by atoms with van der Waals surface area (Å²) in [5, 5.41) is 3.48. The standard InChI is InChI=1S/C18H28BrN3O2/c1-12-9-14(11-20-16(12)19)21-13(2)10-15-7-6-8-22(15)17(23)24-18(3,4)5/h9,11,13,15,21H,6-8,10H2,1-5H3. The Balaban J connectivity index is 1.93. The van der Waals surface area contributed by atoms with Crippen molar-refractivity contribution in [2.24, 2.45) is 0 Å². The Hall–Kier alpha value is -1.30. The van der Waals surface area contributed by atoms with E-state index in [4.69, 9.17) is 4.74 Å². The van der Waals surface area contributed by atoms with E-state index in [0.717, 1.165) is 41.7 Å². The van der Waals surface area contributed by atoms with Crippen LogP contribution in [0, 0.1) is 6.92 Å². The van der Waals surface area contributed by atoms with E-state index in [9.17, 15) is 4.79 Å². The van der Waals surface area contributed by atoms with Crippen molar-refractivity contribution < 1.29 is 9.53 Å². The predicted octanol–water partition coefficient (Wildman–Crippen LogP) is 4.74. The van der Waals surface area contributed by atoms with Crippen LogP contribution in [0.5, 0.6) is 0 Å². The fourth-order valence-corrected chi connectivity index (χ4v) is 3.25. The van der Waals surface area contributed by atoms with Crippen LogP contribution in [0.3, 0.4) is 0 Å². The van der Waals surface area contributed by atoms with Crippen molar-refractivity contribution in [1.82, 2.24) is 9.88 Å². The summed E-state index contributed by atoms with van der Waals surface area (Å²) in [7, 11) is 0. The van der Waals surface area contributed by atoms with Gasteiger partial charge in [-0.1, -0.05) is 0 Å². The lowest BCUT2D eigenvalue weighted by molar-refractivity contribution is 0.0218. The minimum Gasteiger partial charge on any atom is -0.444 e. The molecule has 1 N–H and O–H groups in total. The maximum Gasteiger partial charge on any atom is 0.410 e. The molecule has 1 aliphatic rings. The number of hydrogen-bond acceptors (Lipinski definition) is 4. The van der Waals surface area contributed by atoms with Crippen molar-refractivity contribution in [1.29, 1.82) is 0 Å². The third kappa shape index (κ3) is 5.36. The van der Waals surface area contributed by atoms with Crippen LogP contribution < -0.4 is 5.32 Å². The molecular formula is C18H28BrN3O2. The highest BCUT2D eigenvalue weighted by Gasteiger charge is 2.32. The first-order chi connectivity index (χ1) is 11.2. The molecule has 1 amide bonds. The van der Waals surface area contributed by atoms with E-state index in [1.807, 2.05) is 38.8 Å². The van der Waals surface area contributed by atoms with Gasteiger partial charge in [-0.15, -0.1) is 0 Å². The van der Waals surface area contributed by atoms with Gasteiger partial charge >= 0.3 is 6.09 Å². The molecule has 1 fully saturated rings. The van der Waals surface area contributed by atoms with E-state index in [1.54, 1.807) is 0 Å². The molecule has 0 bridgehead atoms. The first-order valence-corrected chi connectivity index (χ1v) is 9.33. The summed E-state index contributed by atoms with van der Waals surface area (Å²) >= 11 is 3.42. The van der Waals surface area contributed by atoms with Crippen LogP contribution in [0.25, 0.3) is 0 Å². The molecule has 1 saturated heterocycles. The largest absolute Gasteiger partial charge is 0.444 e. The van der Waals surface area contributed by atoms with E-state index in [-0.39, 0.29) is 18.2 Å². The molecule has 2 atom stereocenters. The maximum atomic E-state index is 12.4. The van der Waals surface area contributed by atoms with Gasteiger partial charge in [0.15, 0.2) is 0 Å². The number of hydrogen-bond donors (Lipinski definition) is 1. The fourth-order valence-electron chi connectivity index (χ4n) is 3.03. The fraction of sp³-hybridized carbons (Fsp3) is 0.667. The Bertz CT molecular complexity index is 586. The van der Waals surface area contributed by atoms with Gasteiger partial charge in [0.25, 0.3) is 0 Å². The zero-order valence-corrected chi connectivity index (χ0v) is 16.8. The zero-order chi connectivity index (χ0) is 17.9. The molecule has 6 heteroatoms. The minimum absolute atomic E-state index is 0.196. The molecule has 1 aliphatic heterocycles. The minimum atomic E-state index is -0.450. The summed E-state index contributed by atoms with van der Waals surface area (Å²) in [5.41, 5.74) is 1.66. The van der Waals surface area contributed by atoms with Gasteiger partial charge in [-0.3, -0.25) is 0 Å². The third-order valence-electron chi connectivity index (χ3n) is 4.06. The van der Waals surface area contributed by atoms with Crippen molar-refractivity contribution in [2.75, 3.05) is 11.9 Å². The third-order valence-corrected chi connectivity index (χ3v) is 4.89. The van der Waals surface area contributed by atoms with Crippen molar-refractivity contribution in [3.63, 3.8) is 0 Å². The molecular weight excluding hydrogens is 370 g/mol. The van der Waals surface area contributed by atoms with Gasteiger partial charge in [-0.25, -0.2) is 9.78 Å². The average molecular weight is 398 g/mol. The number of pyridine rings is 1. The van der Waals surface area contributed by atoms with E-state index in [1.165, 1.54) is 0 Å². The van der Waals surface area contributed by atoms with Gasteiger partial charge in [0.2, 0.25) is 0 Å². The first kappa shape index (κ1) is 19.0. The van der Waals surface area contributed by atoms with E-state index in [0.29, 0.717) is 0 Å². The number of nitrogens with one attached hydrogen (secondary N) is 1. The molecule has 134 valence electrons. The second kappa shape index (κ2) is 7.72. The normalized spacial score (nSPS) is 19.2.